The average Bonchev–Trinajstić information content (AvgIpc) is 3.04. The van der Waals surface area contributed by atoms with Gasteiger partial charge in [0.15, 0.2) is 5.69 Å². The molecule has 1 unspecified atom stereocenters. The van der Waals surface area contributed by atoms with Crippen molar-refractivity contribution >= 4 is 5.82 Å². The fraction of sp³-hybridized carbons (Fsp3) is 0.438. The number of furan rings is 1. The summed E-state index contributed by atoms with van der Waals surface area (Å²) in [6.45, 7) is 3.03. The van der Waals surface area contributed by atoms with E-state index in [1.54, 1.807) is 6.20 Å². The average molecular weight is 282 g/mol. The first kappa shape index (κ1) is 13.6. The van der Waals surface area contributed by atoms with Crippen molar-refractivity contribution < 1.29 is 4.42 Å². The molecule has 0 spiro atoms. The van der Waals surface area contributed by atoms with Crippen LogP contribution < -0.4 is 4.90 Å². The monoisotopic (exact) mass is 282 g/mol. The van der Waals surface area contributed by atoms with Gasteiger partial charge >= 0.3 is 0 Å². The minimum atomic E-state index is 0.210. The molecule has 0 saturated carbocycles. The molecule has 21 heavy (non-hydrogen) atoms. The summed E-state index contributed by atoms with van der Waals surface area (Å²) < 4.78 is 5.93. The summed E-state index contributed by atoms with van der Waals surface area (Å²) in [6.07, 6.45) is 7.50. The smallest absolute Gasteiger partial charge is 0.158 e. The molecule has 1 fully saturated rings. The molecule has 0 bridgehead atoms. The van der Waals surface area contributed by atoms with Gasteiger partial charge in [0, 0.05) is 13.0 Å². The molecular formula is C16H18N4O. The van der Waals surface area contributed by atoms with E-state index in [1.165, 1.54) is 12.6 Å². The highest BCUT2D eigenvalue weighted by Gasteiger charge is 2.27. The second-order valence-corrected chi connectivity index (χ2v) is 5.23. The first-order valence-electron chi connectivity index (χ1n) is 7.39. The molecule has 5 heteroatoms. The fourth-order valence-corrected chi connectivity index (χ4v) is 2.79. The van der Waals surface area contributed by atoms with E-state index >= 15 is 0 Å². The molecule has 3 rings (SSSR count). The van der Waals surface area contributed by atoms with Gasteiger partial charge in [0.1, 0.15) is 23.4 Å². The number of anilines is 1. The summed E-state index contributed by atoms with van der Waals surface area (Å²) in [4.78, 5) is 10.7. The van der Waals surface area contributed by atoms with E-state index in [1.807, 2.05) is 12.1 Å². The van der Waals surface area contributed by atoms with Gasteiger partial charge in [-0.05, 0) is 31.4 Å². The Hall–Kier alpha value is -2.35. The first-order valence-corrected chi connectivity index (χ1v) is 7.39. The number of hydrogen-bond donors (Lipinski definition) is 0. The first-order chi connectivity index (χ1) is 10.3. The van der Waals surface area contributed by atoms with Crippen molar-refractivity contribution in [2.45, 2.75) is 38.6 Å². The summed E-state index contributed by atoms with van der Waals surface area (Å²) in [5.74, 6) is 2.83. The Labute approximate surface area is 124 Å². The minimum absolute atomic E-state index is 0.210. The van der Waals surface area contributed by atoms with Gasteiger partial charge in [-0.2, -0.15) is 5.26 Å². The van der Waals surface area contributed by atoms with Crippen LogP contribution in [-0.4, -0.2) is 16.5 Å². The second-order valence-electron chi connectivity index (χ2n) is 5.23. The Morgan fingerprint density at radius 3 is 2.90 bits per heavy atom. The molecule has 1 aliphatic rings. The third kappa shape index (κ3) is 2.75. The van der Waals surface area contributed by atoms with Gasteiger partial charge in [-0.1, -0.05) is 6.92 Å². The summed E-state index contributed by atoms with van der Waals surface area (Å²) in [6, 6.07) is 6.33. The maximum atomic E-state index is 8.82. The lowest BCUT2D eigenvalue weighted by atomic mass is 10.0. The predicted octanol–water partition coefficient (Wildman–Crippen LogP) is 3.24. The van der Waals surface area contributed by atoms with Crippen LogP contribution in [0.3, 0.4) is 0 Å². The molecule has 3 heterocycles. The van der Waals surface area contributed by atoms with Crippen molar-refractivity contribution in [1.82, 2.24) is 9.97 Å². The van der Waals surface area contributed by atoms with Crippen molar-refractivity contribution in [3.63, 3.8) is 0 Å². The quantitative estimate of drug-likeness (QED) is 0.864. The van der Waals surface area contributed by atoms with Crippen LogP contribution in [0.15, 0.2) is 28.9 Å². The summed E-state index contributed by atoms with van der Waals surface area (Å²) in [5.41, 5.74) is 0.346. The molecule has 0 radical (unpaired) electrons. The van der Waals surface area contributed by atoms with Crippen LogP contribution in [0.4, 0.5) is 5.82 Å². The van der Waals surface area contributed by atoms with Crippen LogP contribution in [-0.2, 0) is 6.42 Å². The molecule has 1 aliphatic heterocycles. The lowest BCUT2D eigenvalue weighted by Gasteiger charge is -2.35. The third-order valence-electron chi connectivity index (χ3n) is 3.91. The Kier molecular flexibility index (Phi) is 3.87. The number of aryl methyl sites for hydroxylation is 1. The van der Waals surface area contributed by atoms with Crippen LogP contribution >= 0.6 is 0 Å². The van der Waals surface area contributed by atoms with E-state index in [9.17, 15) is 0 Å². The minimum Gasteiger partial charge on any atom is -0.464 e. The topological polar surface area (TPSA) is 66.0 Å². The van der Waals surface area contributed by atoms with E-state index in [-0.39, 0.29) is 6.04 Å². The largest absolute Gasteiger partial charge is 0.464 e. The van der Waals surface area contributed by atoms with Gasteiger partial charge in [0.05, 0.1) is 18.4 Å². The molecule has 0 aliphatic carbocycles. The lowest BCUT2D eigenvalue weighted by molar-refractivity contribution is 0.376. The highest BCUT2D eigenvalue weighted by molar-refractivity contribution is 5.41. The van der Waals surface area contributed by atoms with Crippen molar-refractivity contribution in [1.29, 1.82) is 5.26 Å². The van der Waals surface area contributed by atoms with Crippen LogP contribution in [0.25, 0.3) is 0 Å². The standard InChI is InChI=1S/C16H18N4O/c1-2-13-6-7-15(21-13)14-5-3-4-8-20(14)16-11-18-12(9-17)10-19-16/h6-7,10-11,14H,2-5,8H2,1H3. The lowest BCUT2D eigenvalue weighted by Crippen LogP contribution is -2.33. The Morgan fingerprint density at radius 2 is 2.24 bits per heavy atom. The SMILES string of the molecule is CCc1ccc(C2CCCCN2c2cnc(C#N)cn2)o1. The Morgan fingerprint density at radius 1 is 1.33 bits per heavy atom. The summed E-state index contributed by atoms with van der Waals surface area (Å²) in [5, 5.41) is 8.82. The van der Waals surface area contributed by atoms with Gasteiger partial charge in [-0.25, -0.2) is 9.97 Å². The number of aromatic nitrogens is 2. The number of hydrogen-bond acceptors (Lipinski definition) is 5. The number of rotatable bonds is 3. The van der Waals surface area contributed by atoms with Crippen LogP contribution in [0.1, 0.15) is 49.4 Å². The van der Waals surface area contributed by atoms with Crippen molar-refractivity contribution in [3.05, 3.63) is 41.7 Å². The zero-order valence-corrected chi connectivity index (χ0v) is 12.1. The van der Waals surface area contributed by atoms with Crippen molar-refractivity contribution in [2.24, 2.45) is 0 Å². The zero-order chi connectivity index (χ0) is 14.7. The van der Waals surface area contributed by atoms with Gasteiger partial charge in [0.25, 0.3) is 0 Å². The van der Waals surface area contributed by atoms with Gasteiger partial charge < -0.3 is 9.32 Å². The highest BCUT2D eigenvalue weighted by Crippen LogP contribution is 2.34. The molecule has 0 N–H and O–H groups in total. The second kappa shape index (κ2) is 5.96. The Balaban J connectivity index is 1.88. The summed E-state index contributed by atoms with van der Waals surface area (Å²) in [7, 11) is 0. The van der Waals surface area contributed by atoms with Crippen molar-refractivity contribution in [2.75, 3.05) is 11.4 Å². The maximum Gasteiger partial charge on any atom is 0.158 e. The third-order valence-corrected chi connectivity index (χ3v) is 3.91. The molecule has 5 nitrogen and oxygen atoms in total. The van der Waals surface area contributed by atoms with E-state index in [2.05, 4.69) is 27.9 Å². The Bertz CT molecular complexity index is 641. The van der Waals surface area contributed by atoms with E-state index in [0.717, 1.165) is 43.1 Å². The molecule has 1 saturated heterocycles. The predicted molar refractivity (Wildman–Crippen MR) is 78.8 cm³/mol. The van der Waals surface area contributed by atoms with Crippen LogP contribution in [0.5, 0.6) is 0 Å². The number of nitrogens with zero attached hydrogens (tertiary/aromatic N) is 4. The van der Waals surface area contributed by atoms with Crippen molar-refractivity contribution in [3.8, 4) is 6.07 Å². The summed E-state index contributed by atoms with van der Waals surface area (Å²) >= 11 is 0. The van der Waals surface area contributed by atoms with E-state index < -0.39 is 0 Å². The van der Waals surface area contributed by atoms with E-state index in [4.69, 9.17) is 9.68 Å². The highest BCUT2D eigenvalue weighted by atomic mass is 16.3. The van der Waals surface area contributed by atoms with Crippen LogP contribution in [0.2, 0.25) is 0 Å². The molecule has 2 aromatic rings. The molecule has 108 valence electrons. The molecule has 1 atom stereocenters. The zero-order valence-electron chi connectivity index (χ0n) is 12.1. The van der Waals surface area contributed by atoms with Gasteiger partial charge in [-0.15, -0.1) is 0 Å². The van der Waals surface area contributed by atoms with Gasteiger partial charge in [0.2, 0.25) is 0 Å². The number of piperidine rings is 1. The molecular weight excluding hydrogens is 264 g/mol. The molecule has 2 aromatic heterocycles. The molecule has 0 amide bonds. The normalized spacial score (nSPS) is 18.5. The van der Waals surface area contributed by atoms with E-state index in [0.29, 0.717) is 5.69 Å². The van der Waals surface area contributed by atoms with Crippen LogP contribution in [0, 0.1) is 11.3 Å². The fourth-order valence-electron chi connectivity index (χ4n) is 2.79. The van der Waals surface area contributed by atoms with Gasteiger partial charge in [-0.3, -0.25) is 0 Å². The maximum absolute atomic E-state index is 8.82. The molecule has 0 aromatic carbocycles. The number of nitriles is 1.